The Morgan fingerprint density at radius 3 is 2.63 bits per heavy atom. The smallest absolute Gasteiger partial charge is 0.262 e. The number of hydrogen-bond acceptors (Lipinski definition) is 5. The van der Waals surface area contributed by atoms with Gasteiger partial charge in [-0.05, 0) is 43.2 Å². The number of nitrogens with zero attached hydrogens (tertiary/aromatic N) is 2. The highest BCUT2D eigenvalue weighted by atomic mass is 32.2. The minimum absolute atomic E-state index is 0.116. The van der Waals surface area contributed by atoms with Gasteiger partial charge in [-0.2, -0.15) is 0 Å². The molecule has 0 saturated heterocycles. The Labute approximate surface area is 179 Å². The van der Waals surface area contributed by atoms with Crippen molar-refractivity contribution in [2.45, 2.75) is 31.7 Å². The van der Waals surface area contributed by atoms with Crippen molar-refractivity contribution in [3.63, 3.8) is 0 Å². The molecule has 3 rings (SSSR count). The van der Waals surface area contributed by atoms with Crippen LogP contribution in [0.3, 0.4) is 0 Å². The maximum atomic E-state index is 13.9. The average Bonchev–Trinajstić information content (AvgIpc) is 3.16. The van der Waals surface area contributed by atoms with E-state index in [1.54, 1.807) is 31.4 Å². The van der Waals surface area contributed by atoms with Gasteiger partial charge in [0.2, 0.25) is 0 Å². The summed E-state index contributed by atoms with van der Waals surface area (Å²) in [6, 6.07) is 9.77. The number of hydrogen-bond donors (Lipinski definition) is 1. The van der Waals surface area contributed by atoms with Crippen LogP contribution in [0.25, 0.3) is 0 Å². The first kappa shape index (κ1) is 21.9. The van der Waals surface area contributed by atoms with Gasteiger partial charge in [-0.15, -0.1) is 11.3 Å². The lowest BCUT2D eigenvalue weighted by atomic mass is 10.1. The maximum Gasteiger partial charge on any atom is 0.262 e. The number of aryl methyl sites for hydroxylation is 2. The number of halogens is 1. The summed E-state index contributed by atoms with van der Waals surface area (Å²) in [7, 11) is -2.42. The molecular weight excluding hydrogens is 425 g/mol. The number of anilines is 1. The van der Waals surface area contributed by atoms with Gasteiger partial charge in [0.05, 0.1) is 27.8 Å². The van der Waals surface area contributed by atoms with Crippen LogP contribution in [0.2, 0.25) is 0 Å². The number of carbonyl (C=O) groups is 1. The van der Waals surface area contributed by atoms with Gasteiger partial charge in [0.1, 0.15) is 5.82 Å². The van der Waals surface area contributed by atoms with Crippen LogP contribution in [0, 0.1) is 12.7 Å². The molecule has 0 atom stereocenters. The standard InChI is InChI=1S/C21H22FN3O3S2/c1-4-20-23-15(13-29-20)12-25(3)21(26)17-11-16(10-9-14(17)2)30(27,28)24-19-8-6-5-7-18(19)22/h5-11,13,24H,4,12H2,1-3H3. The normalized spacial score (nSPS) is 11.3. The summed E-state index contributed by atoms with van der Waals surface area (Å²) in [5.74, 6) is -1.000. The first-order chi connectivity index (χ1) is 14.2. The zero-order chi connectivity index (χ0) is 21.9. The van der Waals surface area contributed by atoms with E-state index in [-0.39, 0.29) is 22.1 Å². The molecule has 0 aliphatic carbocycles. The van der Waals surface area contributed by atoms with Crippen LogP contribution < -0.4 is 4.72 Å². The number of carbonyl (C=O) groups excluding carboxylic acids is 1. The second-order valence-corrected chi connectivity index (χ2v) is 9.43. The molecule has 1 N–H and O–H groups in total. The number of benzene rings is 2. The van der Waals surface area contributed by atoms with E-state index in [0.717, 1.165) is 17.1 Å². The number of nitrogens with one attached hydrogen (secondary N) is 1. The average molecular weight is 448 g/mol. The highest BCUT2D eigenvalue weighted by Crippen LogP contribution is 2.22. The molecular formula is C21H22FN3O3S2. The Morgan fingerprint density at radius 2 is 1.97 bits per heavy atom. The molecule has 0 radical (unpaired) electrons. The van der Waals surface area contributed by atoms with Crippen LogP contribution in [-0.4, -0.2) is 31.3 Å². The van der Waals surface area contributed by atoms with E-state index in [9.17, 15) is 17.6 Å². The van der Waals surface area contributed by atoms with E-state index in [0.29, 0.717) is 12.1 Å². The fraction of sp³-hybridized carbons (Fsp3) is 0.238. The number of amides is 1. The molecule has 6 nitrogen and oxygen atoms in total. The Kier molecular flexibility index (Phi) is 6.52. The summed E-state index contributed by atoms with van der Waals surface area (Å²) >= 11 is 1.54. The second kappa shape index (κ2) is 8.93. The lowest BCUT2D eigenvalue weighted by Crippen LogP contribution is -2.27. The molecule has 0 unspecified atom stereocenters. The summed E-state index contributed by atoms with van der Waals surface area (Å²) in [4.78, 5) is 18.8. The van der Waals surface area contributed by atoms with Gasteiger partial charge in [0, 0.05) is 18.0 Å². The van der Waals surface area contributed by atoms with Crippen LogP contribution >= 0.6 is 11.3 Å². The van der Waals surface area contributed by atoms with Crippen LogP contribution in [-0.2, 0) is 23.0 Å². The highest BCUT2D eigenvalue weighted by Gasteiger charge is 2.21. The molecule has 1 aromatic heterocycles. The van der Waals surface area contributed by atoms with Crippen LogP contribution in [0.5, 0.6) is 0 Å². The van der Waals surface area contributed by atoms with Crippen molar-refractivity contribution in [2.24, 2.45) is 0 Å². The SMILES string of the molecule is CCc1nc(CN(C)C(=O)c2cc(S(=O)(=O)Nc3ccccc3F)ccc2C)cs1. The molecule has 0 fully saturated rings. The van der Waals surface area contributed by atoms with E-state index in [4.69, 9.17) is 0 Å². The van der Waals surface area contributed by atoms with Gasteiger partial charge in [-0.25, -0.2) is 17.8 Å². The largest absolute Gasteiger partial charge is 0.336 e. The second-order valence-electron chi connectivity index (χ2n) is 6.81. The van der Waals surface area contributed by atoms with Crippen molar-refractivity contribution in [3.05, 3.63) is 75.5 Å². The molecule has 0 bridgehead atoms. The summed E-state index contributed by atoms with van der Waals surface area (Å²) in [6.45, 7) is 4.07. The molecule has 3 aromatic rings. The molecule has 9 heteroatoms. The van der Waals surface area contributed by atoms with E-state index >= 15 is 0 Å². The molecule has 0 saturated carbocycles. The van der Waals surface area contributed by atoms with Crippen molar-refractivity contribution in [1.29, 1.82) is 0 Å². The van der Waals surface area contributed by atoms with Crippen LogP contribution in [0.15, 0.2) is 52.7 Å². The minimum Gasteiger partial charge on any atom is -0.336 e. The topological polar surface area (TPSA) is 79.4 Å². The Hall–Kier alpha value is -2.78. The number of thiazole rings is 1. The Morgan fingerprint density at radius 1 is 1.23 bits per heavy atom. The fourth-order valence-electron chi connectivity index (χ4n) is 2.85. The first-order valence-corrected chi connectivity index (χ1v) is 11.6. The van der Waals surface area contributed by atoms with Gasteiger partial charge in [0.15, 0.2) is 0 Å². The third-order valence-corrected chi connectivity index (χ3v) is 6.92. The zero-order valence-corrected chi connectivity index (χ0v) is 18.5. The molecule has 1 amide bonds. The van der Waals surface area contributed by atoms with Crippen molar-refractivity contribution in [2.75, 3.05) is 11.8 Å². The van der Waals surface area contributed by atoms with Gasteiger partial charge in [-0.1, -0.05) is 25.1 Å². The highest BCUT2D eigenvalue weighted by molar-refractivity contribution is 7.92. The lowest BCUT2D eigenvalue weighted by Gasteiger charge is -2.18. The van der Waals surface area contributed by atoms with E-state index < -0.39 is 15.8 Å². The summed E-state index contributed by atoms with van der Waals surface area (Å²) in [6.07, 6.45) is 0.830. The molecule has 158 valence electrons. The van der Waals surface area contributed by atoms with Gasteiger partial charge in [0.25, 0.3) is 15.9 Å². The van der Waals surface area contributed by atoms with E-state index in [1.807, 2.05) is 12.3 Å². The number of sulfonamides is 1. The number of para-hydroxylation sites is 1. The van der Waals surface area contributed by atoms with Gasteiger partial charge >= 0.3 is 0 Å². The zero-order valence-electron chi connectivity index (χ0n) is 16.8. The monoisotopic (exact) mass is 447 g/mol. The van der Waals surface area contributed by atoms with E-state index in [2.05, 4.69) is 9.71 Å². The number of aromatic nitrogens is 1. The molecule has 1 heterocycles. The van der Waals surface area contributed by atoms with Crippen molar-refractivity contribution in [3.8, 4) is 0 Å². The van der Waals surface area contributed by atoms with E-state index in [1.165, 1.54) is 41.3 Å². The van der Waals surface area contributed by atoms with Gasteiger partial charge in [-0.3, -0.25) is 9.52 Å². The lowest BCUT2D eigenvalue weighted by molar-refractivity contribution is 0.0782. The van der Waals surface area contributed by atoms with Gasteiger partial charge < -0.3 is 4.90 Å². The number of rotatable bonds is 7. The first-order valence-electron chi connectivity index (χ1n) is 9.28. The summed E-state index contributed by atoms with van der Waals surface area (Å²) < 4.78 is 41.5. The third kappa shape index (κ3) is 4.85. The Balaban J connectivity index is 1.85. The molecule has 0 aliphatic rings. The molecule has 2 aromatic carbocycles. The Bertz CT molecular complexity index is 1180. The van der Waals surface area contributed by atoms with Crippen LogP contribution in [0.4, 0.5) is 10.1 Å². The molecule has 0 aliphatic heterocycles. The van der Waals surface area contributed by atoms with Crippen molar-refractivity contribution < 1.29 is 17.6 Å². The van der Waals surface area contributed by atoms with Crippen LogP contribution in [0.1, 0.15) is 33.5 Å². The predicted molar refractivity (Wildman–Crippen MR) is 116 cm³/mol. The molecule has 0 spiro atoms. The molecule has 30 heavy (non-hydrogen) atoms. The third-order valence-electron chi connectivity index (χ3n) is 4.52. The maximum absolute atomic E-state index is 13.9. The minimum atomic E-state index is -4.06. The summed E-state index contributed by atoms with van der Waals surface area (Å²) in [5.41, 5.74) is 1.54. The fourth-order valence-corrected chi connectivity index (χ4v) is 4.68. The van der Waals surface area contributed by atoms with Crippen molar-refractivity contribution in [1.82, 2.24) is 9.88 Å². The predicted octanol–water partition coefficient (Wildman–Crippen LogP) is 4.23. The summed E-state index contributed by atoms with van der Waals surface area (Å²) in [5, 5.41) is 2.91. The van der Waals surface area contributed by atoms with Crippen molar-refractivity contribution >= 4 is 33.0 Å². The quantitative estimate of drug-likeness (QED) is 0.588.